The van der Waals surface area contributed by atoms with Gasteiger partial charge in [-0.2, -0.15) is 0 Å². The highest BCUT2D eigenvalue weighted by atomic mass is 16.6. The highest BCUT2D eigenvalue weighted by Crippen LogP contribution is 2.38. The number of ether oxygens (including phenoxy) is 1. The Morgan fingerprint density at radius 2 is 2.13 bits per heavy atom. The van der Waals surface area contributed by atoms with E-state index in [9.17, 15) is 9.90 Å². The van der Waals surface area contributed by atoms with E-state index < -0.39 is 17.8 Å². The number of aliphatic hydroxyl groups is 1. The van der Waals surface area contributed by atoms with Crippen molar-refractivity contribution in [2.24, 2.45) is 0 Å². The van der Waals surface area contributed by atoms with Gasteiger partial charge >= 0.3 is 6.09 Å². The molecule has 9 heteroatoms. The first-order chi connectivity index (χ1) is 14.3. The van der Waals surface area contributed by atoms with E-state index in [0.717, 1.165) is 31.0 Å². The van der Waals surface area contributed by atoms with Crippen molar-refractivity contribution in [2.75, 3.05) is 29.9 Å². The molecule has 2 aromatic heterocycles. The average Bonchev–Trinajstić information content (AvgIpc) is 2.71. The number of carbonyl (C=O) groups excluding carboxylic acids is 1. The summed E-state index contributed by atoms with van der Waals surface area (Å²) >= 11 is 0. The summed E-state index contributed by atoms with van der Waals surface area (Å²) in [5.41, 5.74) is 1.62. The van der Waals surface area contributed by atoms with Gasteiger partial charge in [-0.3, -0.25) is 5.32 Å². The molecular weight excluding hydrogens is 384 g/mol. The van der Waals surface area contributed by atoms with Gasteiger partial charge in [0.15, 0.2) is 0 Å². The molecule has 0 bridgehead atoms. The number of nitrogens with one attached hydrogen (secondary N) is 2. The number of rotatable bonds is 4. The molecule has 9 nitrogen and oxygen atoms in total. The first-order valence-electron chi connectivity index (χ1n) is 10.3. The zero-order valence-corrected chi connectivity index (χ0v) is 17.8. The van der Waals surface area contributed by atoms with Crippen LogP contribution in [0.3, 0.4) is 0 Å². The fourth-order valence-electron chi connectivity index (χ4n) is 3.90. The molecule has 0 radical (unpaired) electrons. The first-order valence-corrected chi connectivity index (χ1v) is 10.3. The van der Waals surface area contributed by atoms with Gasteiger partial charge in [-0.25, -0.2) is 19.7 Å². The molecule has 4 heterocycles. The van der Waals surface area contributed by atoms with Crippen LogP contribution in [-0.2, 0) is 10.3 Å². The van der Waals surface area contributed by atoms with E-state index in [0.29, 0.717) is 35.2 Å². The number of cyclic esters (lactones) is 1. The molecule has 4 rings (SSSR count). The average molecular weight is 412 g/mol. The van der Waals surface area contributed by atoms with E-state index in [1.807, 2.05) is 19.1 Å². The van der Waals surface area contributed by atoms with E-state index in [4.69, 9.17) is 9.72 Å². The quantitative estimate of drug-likeness (QED) is 0.702. The Morgan fingerprint density at radius 1 is 1.33 bits per heavy atom. The van der Waals surface area contributed by atoms with Crippen LogP contribution in [-0.4, -0.2) is 51.8 Å². The Bertz CT molecular complexity index is 958. The molecule has 1 saturated heterocycles. The van der Waals surface area contributed by atoms with E-state index in [1.165, 1.54) is 6.33 Å². The number of anilines is 2. The Morgan fingerprint density at radius 3 is 2.83 bits per heavy atom. The van der Waals surface area contributed by atoms with Crippen molar-refractivity contribution < 1.29 is 14.6 Å². The molecule has 2 atom stereocenters. The van der Waals surface area contributed by atoms with Crippen LogP contribution < -0.4 is 15.5 Å². The van der Waals surface area contributed by atoms with Crippen LogP contribution >= 0.6 is 0 Å². The third-order valence-corrected chi connectivity index (χ3v) is 5.50. The van der Waals surface area contributed by atoms with Crippen LogP contribution in [0.15, 0.2) is 18.5 Å². The molecular formula is C21H28N6O3. The fourth-order valence-corrected chi connectivity index (χ4v) is 3.90. The van der Waals surface area contributed by atoms with Crippen molar-refractivity contribution in [2.45, 2.75) is 51.9 Å². The molecule has 1 amide bonds. The zero-order chi connectivity index (χ0) is 21.5. The zero-order valence-electron chi connectivity index (χ0n) is 17.8. The Kier molecular flexibility index (Phi) is 5.33. The van der Waals surface area contributed by atoms with Gasteiger partial charge in [0.05, 0.1) is 16.9 Å². The van der Waals surface area contributed by atoms with E-state index >= 15 is 0 Å². The highest BCUT2D eigenvalue weighted by Gasteiger charge is 2.31. The van der Waals surface area contributed by atoms with Crippen LogP contribution in [0.2, 0.25) is 0 Å². The monoisotopic (exact) mass is 412 g/mol. The largest absolute Gasteiger partial charge is 0.441 e. The second kappa shape index (κ2) is 7.81. The lowest BCUT2D eigenvalue weighted by atomic mass is 9.95. The minimum atomic E-state index is -1.05. The third-order valence-electron chi connectivity index (χ3n) is 5.50. The Balaban J connectivity index is 1.86. The van der Waals surface area contributed by atoms with Crippen molar-refractivity contribution in [3.8, 4) is 11.4 Å². The van der Waals surface area contributed by atoms with Gasteiger partial charge in [-0.15, -0.1) is 0 Å². The van der Waals surface area contributed by atoms with E-state index in [2.05, 4.69) is 32.4 Å². The van der Waals surface area contributed by atoms with Crippen molar-refractivity contribution in [3.63, 3.8) is 0 Å². The predicted molar refractivity (Wildman–Crippen MR) is 113 cm³/mol. The van der Waals surface area contributed by atoms with Crippen molar-refractivity contribution >= 4 is 17.7 Å². The minimum Gasteiger partial charge on any atom is -0.441 e. The molecule has 160 valence electrons. The molecule has 2 aromatic rings. The van der Waals surface area contributed by atoms with Gasteiger partial charge < -0.3 is 20.1 Å². The van der Waals surface area contributed by atoms with Crippen molar-refractivity contribution in [1.29, 1.82) is 0 Å². The van der Waals surface area contributed by atoms with Gasteiger partial charge in [-0.05, 0) is 44.9 Å². The number of fused-ring (bicyclic) bond motifs is 1. The van der Waals surface area contributed by atoms with Gasteiger partial charge in [-0.1, -0.05) is 6.92 Å². The second-order valence-corrected chi connectivity index (χ2v) is 8.37. The topological polar surface area (TPSA) is 112 Å². The summed E-state index contributed by atoms with van der Waals surface area (Å²) < 4.78 is 5.46. The predicted octanol–water partition coefficient (Wildman–Crippen LogP) is 2.58. The molecule has 2 aliphatic rings. The van der Waals surface area contributed by atoms with Gasteiger partial charge in [0.2, 0.25) is 0 Å². The molecule has 0 aromatic carbocycles. The van der Waals surface area contributed by atoms with Crippen molar-refractivity contribution in [1.82, 2.24) is 20.3 Å². The van der Waals surface area contributed by atoms with Crippen molar-refractivity contribution in [3.05, 3.63) is 29.6 Å². The molecule has 0 saturated carbocycles. The molecule has 1 unspecified atom stereocenters. The number of amides is 1. The number of nitrogens with zero attached hydrogens (tertiary/aromatic N) is 4. The lowest BCUT2D eigenvalue weighted by Gasteiger charge is -2.34. The van der Waals surface area contributed by atoms with Crippen LogP contribution in [0.4, 0.5) is 16.4 Å². The number of pyridine rings is 1. The van der Waals surface area contributed by atoms with E-state index in [1.54, 1.807) is 13.8 Å². The molecule has 2 aliphatic heterocycles. The third kappa shape index (κ3) is 3.95. The van der Waals surface area contributed by atoms with Crippen LogP contribution in [0.25, 0.3) is 11.4 Å². The summed E-state index contributed by atoms with van der Waals surface area (Å²) in [5.74, 6) is 1.23. The summed E-state index contributed by atoms with van der Waals surface area (Å²) in [5, 5.41) is 16.8. The number of aromatic nitrogens is 3. The molecule has 30 heavy (non-hydrogen) atoms. The highest BCUT2D eigenvalue weighted by molar-refractivity contribution is 5.88. The lowest BCUT2D eigenvalue weighted by Crippen LogP contribution is -2.49. The van der Waals surface area contributed by atoms with Gasteiger partial charge in [0.25, 0.3) is 0 Å². The van der Waals surface area contributed by atoms with E-state index in [-0.39, 0.29) is 0 Å². The summed E-state index contributed by atoms with van der Waals surface area (Å²) in [6.07, 6.45) is 1.03. The standard InChI is InChI=1S/C21H28N6O3/c1-5-15-17-18(23-11-24-19(17)26-20(28)30-15)14-8-13(21(3,4)29)9-16(25-14)27-7-6-22-12(2)10-27/h8-9,11-12,15,22,29H,5-7,10H2,1-4H3,(H,23,24,26,28)/t12-,15?/m0/s1. The fraction of sp³-hybridized carbons (Fsp3) is 0.524. The number of hydrogen-bond acceptors (Lipinski definition) is 8. The molecule has 1 fully saturated rings. The maximum Gasteiger partial charge on any atom is 0.413 e. The maximum absolute atomic E-state index is 11.9. The number of piperazine rings is 1. The lowest BCUT2D eigenvalue weighted by molar-refractivity contribution is 0.0786. The summed E-state index contributed by atoms with van der Waals surface area (Å²) in [4.78, 5) is 27.7. The maximum atomic E-state index is 11.9. The molecule has 0 aliphatic carbocycles. The second-order valence-electron chi connectivity index (χ2n) is 8.37. The normalized spacial score (nSPS) is 21.6. The molecule has 3 N–H and O–H groups in total. The van der Waals surface area contributed by atoms with Gasteiger partial charge in [0, 0.05) is 25.7 Å². The summed E-state index contributed by atoms with van der Waals surface area (Å²) in [6.45, 7) is 10.1. The Hall–Kier alpha value is -2.78. The smallest absolute Gasteiger partial charge is 0.413 e. The summed E-state index contributed by atoms with van der Waals surface area (Å²) in [7, 11) is 0. The van der Waals surface area contributed by atoms with Crippen LogP contribution in [0.5, 0.6) is 0 Å². The Labute approximate surface area is 175 Å². The van der Waals surface area contributed by atoms with Crippen LogP contribution in [0.1, 0.15) is 51.3 Å². The SMILES string of the molecule is CCC1OC(=O)Nc2ncnc(-c3cc(C(C)(C)O)cc(N4CCN[C@@H](C)C4)n3)c21. The minimum absolute atomic E-state index is 0.342. The first kappa shape index (κ1) is 20.5. The molecule has 0 spiro atoms. The number of carbonyl (C=O) groups is 1. The van der Waals surface area contributed by atoms with Gasteiger partial charge in [0.1, 0.15) is 29.8 Å². The number of hydrogen-bond donors (Lipinski definition) is 3. The van der Waals surface area contributed by atoms with Crippen LogP contribution in [0, 0.1) is 0 Å². The summed E-state index contributed by atoms with van der Waals surface area (Å²) in [6, 6.07) is 4.13.